The van der Waals surface area contributed by atoms with Gasteiger partial charge in [0.15, 0.2) is 0 Å². The van der Waals surface area contributed by atoms with Crippen LogP contribution in [0.1, 0.15) is 33.1 Å². The fourth-order valence-electron chi connectivity index (χ4n) is 3.11. The Balaban J connectivity index is 1.82. The minimum atomic E-state index is -0.0186. The van der Waals surface area contributed by atoms with E-state index in [1.807, 2.05) is 18.7 Å². The highest BCUT2D eigenvalue weighted by atomic mass is 16.2. The minimum Gasteiger partial charge on any atom is -0.354 e. The van der Waals surface area contributed by atoms with E-state index in [1.54, 1.807) is 0 Å². The molecule has 6 nitrogen and oxygen atoms in total. The van der Waals surface area contributed by atoms with E-state index in [9.17, 15) is 9.59 Å². The van der Waals surface area contributed by atoms with Gasteiger partial charge in [-0.15, -0.1) is 0 Å². The van der Waals surface area contributed by atoms with Crippen molar-refractivity contribution in [1.29, 1.82) is 0 Å². The zero-order valence-electron chi connectivity index (χ0n) is 13.2. The minimum absolute atomic E-state index is 0.0186. The van der Waals surface area contributed by atoms with Gasteiger partial charge in [0.1, 0.15) is 0 Å². The molecule has 21 heavy (non-hydrogen) atoms. The first kappa shape index (κ1) is 16.2. The molecule has 1 atom stereocenters. The Kier molecular flexibility index (Phi) is 5.99. The molecule has 2 aliphatic heterocycles. The molecule has 0 aromatic carbocycles. The lowest BCUT2D eigenvalue weighted by Crippen LogP contribution is -2.52. The van der Waals surface area contributed by atoms with Gasteiger partial charge in [-0.1, -0.05) is 0 Å². The highest BCUT2D eigenvalue weighted by molar-refractivity contribution is 5.82. The normalized spacial score (nSPS) is 23.6. The molecule has 120 valence electrons. The zero-order chi connectivity index (χ0) is 15.2. The third kappa shape index (κ3) is 4.68. The van der Waals surface area contributed by atoms with Crippen LogP contribution in [0.3, 0.4) is 0 Å². The quantitative estimate of drug-likeness (QED) is 0.737. The second kappa shape index (κ2) is 7.75. The van der Waals surface area contributed by atoms with Crippen LogP contribution in [0.15, 0.2) is 0 Å². The fourth-order valence-corrected chi connectivity index (χ4v) is 3.11. The number of carbonyl (C=O) groups excluding carboxylic acids is 2. The van der Waals surface area contributed by atoms with Gasteiger partial charge in [-0.3, -0.25) is 14.5 Å². The second-order valence-electron chi connectivity index (χ2n) is 6.24. The molecule has 6 heteroatoms. The summed E-state index contributed by atoms with van der Waals surface area (Å²) in [7, 11) is 0. The zero-order valence-corrected chi connectivity index (χ0v) is 13.2. The van der Waals surface area contributed by atoms with Crippen molar-refractivity contribution in [3.05, 3.63) is 0 Å². The Bertz CT molecular complexity index is 367. The van der Waals surface area contributed by atoms with Crippen LogP contribution in [0.5, 0.6) is 0 Å². The van der Waals surface area contributed by atoms with Crippen LogP contribution in [-0.4, -0.2) is 73.0 Å². The average molecular weight is 296 g/mol. The first-order valence-electron chi connectivity index (χ1n) is 8.11. The number of hydrogen-bond donors (Lipinski definition) is 2. The van der Waals surface area contributed by atoms with Crippen LogP contribution in [0, 0.1) is 0 Å². The van der Waals surface area contributed by atoms with Gasteiger partial charge >= 0.3 is 0 Å². The van der Waals surface area contributed by atoms with Crippen molar-refractivity contribution in [2.45, 2.75) is 45.2 Å². The topological polar surface area (TPSA) is 64.7 Å². The maximum Gasteiger partial charge on any atom is 0.240 e. The van der Waals surface area contributed by atoms with E-state index in [0.717, 1.165) is 45.6 Å². The average Bonchev–Trinajstić information content (AvgIpc) is 2.93. The number of nitrogens with one attached hydrogen (secondary N) is 2. The molecule has 0 radical (unpaired) electrons. The van der Waals surface area contributed by atoms with E-state index >= 15 is 0 Å². The lowest BCUT2D eigenvalue weighted by Gasteiger charge is -2.32. The van der Waals surface area contributed by atoms with Crippen LogP contribution in [0.2, 0.25) is 0 Å². The summed E-state index contributed by atoms with van der Waals surface area (Å²) in [5.74, 6) is 0.323. The Hall–Kier alpha value is -1.14. The van der Waals surface area contributed by atoms with Gasteiger partial charge in [0.2, 0.25) is 11.8 Å². The molecule has 2 fully saturated rings. The summed E-state index contributed by atoms with van der Waals surface area (Å²) in [6.45, 7) is 8.91. The summed E-state index contributed by atoms with van der Waals surface area (Å²) >= 11 is 0. The lowest BCUT2D eigenvalue weighted by atomic mass is 10.1. The second-order valence-corrected chi connectivity index (χ2v) is 6.24. The molecule has 2 aliphatic rings. The van der Waals surface area contributed by atoms with Crippen molar-refractivity contribution in [3.63, 3.8) is 0 Å². The molecule has 0 bridgehead atoms. The van der Waals surface area contributed by atoms with Crippen molar-refractivity contribution in [3.8, 4) is 0 Å². The van der Waals surface area contributed by atoms with Crippen molar-refractivity contribution < 1.29 is 9.59 Å². The number of amides is 2. The first-order chi connectivity index (χ1) is 10.1. The highest BCUT2D eigenvalue weighted by Crippen LogP contribution is 2.19. The third-order valence-corrected chi connectivity index (χ3v) is 4.15. The molecule has 2 amide bonds. The van der Waals surface area contributed by atoms with Gasteiger partial charge in [-0.25, -0.2) is 0 Å². The lowest BCUT2D eigenvalue weighted by molar-refractivity contribution is -0.137. The van der Waals surface area contributed by atoms with Gasteiger partial charge < -0.3 is 15.5 Å². The van der Waals surface area contributed by atoms with Crippen LogP contribution >= 0.6 is 0 Å². The summed E-state index contributed by atoms with van der Waals surface area (Å²) in [6.07, 6.45) is 2.45. The van der Waals surface area contributed by atoms with Crippen molar-refractivity contribution in [1.82, 2.24) is 20.4 Å². The van der Waals surface area contributed by atoms with Gasteiger partial charge in [0.05, 0.1) is 6.04 Å². The third-order valence-electron chi connectivity index (χ3n) is 4.15. The molecular weight excluding hydrogens is 268 g/mol. The molecule has 0 aromatic heterocycles. The molecule has 0 spiro atoms. The number of nitrogens with zero attached hydrogens (tertiary/aromatic N) is 2. The molecule has 0 saturated carbocycles. The summed E-state index contributed by atoms with van der Waals surface area (Å²) in [5.41, 5.74) is 0. The van der Waals surface area contributed by atoms with Crippen LogP contribution < -0.4 is 10.6 Å². The van der Waals surface area contributed by atoms with Crippen LogP contribution in [-0.2, 0) is 9.59 Å². The molecular formula is C15H28N4O2. The molecule has 2 rings (SSSR count). The predicted octanol–water partition coefficient (Wildman–Crippen LogP) is -0.203. The Morgan fingerprint density at radius 3 is 2.62 bits per heavy atom. The summed E-state index contributed by atoms with van der Waals surface area (Å²) in [6, 6.07) is 0.157. The van der Waals surface area contributed by atoms with Crippen molar-refractivity contribution in [2.24, 2.45) is 0 Å². The monoisotopic (exact) mass is 296 g/mol. The Morgan fingerprint density at radius 1 is 1.24 bits per heavy atom. The largest absolute Gasteiger partial charge is 0.354 e. The molecule has 2 saturated heterocycles. The number of rotatable bonds is 5. The number of piperazine rings is 1. The Labute approximate surface area is 127 Å². The molecule has 2 N–H and O–H groups in total. The first-order valence-corrected chi connectivity index (χ1v) is 8.11. The maximum absolute atomic E-state index is 12.6. The number of carbonyl (C=O) groups is 2. The number of hydrogen-bond acceptors (Lipinski definition) is 4. The van der Waals surface area contributed by atoms with Crippen LogP contribution in [0.4, 0.5) is 0 Å². The van der Waals surface area contributed by atoms with Gasteiger partial charge in [0.25, 0.3) is 0 Å². The Morgan fingerprint density at radius 2 is 1.95 bits per heavy atom. The van der Waals surface area contributed by atoms with Crippen LogP contribution in [0.25, 0.3) is 0 Å². The SMILES string of the molecule is CC(C)NC(=O)CCN1CCCC1C(=O)N1CCNCC1. The molecule has 0 aliphatic carbocycles. The van der Waals surface area contributed by atoms with Crippen molar-refractivity contribution in [2.75, 3.05) is 39.3 Å². The molecule has 2 heterocycles. The van der Waals surface area contributed by atoms with Crippen molar-refractivity contribution >= 4 is 11.8 Å². The van der Waals surface area contributed by atoms with E-state index in [0.29, 0.717) is 13.0 Å². The van der Waals surface area contributed by atoms with Gasteiger partial charge in [0, 0.05) is 45.2 Å². The van der Waals surface area contributed by atoms with Gasteiger partial charge in [-0.2, -0.15) is 0 Å². The van der Waals surface area contributed by atoms with Gasteiger partial charge in [-0.05, 0) is 33.2 Å². The number of likely N-dealkylation sites (tertiary alicyclic amines) is 1. The van der Waals surface area contributed by atoms with E-state index in [4.69, 9.17) is 0 Å². The molecule has 1 unspecified atom stereocenters. The van der Waals surface area contributed by atoms with E-state index in [1.165, 1.54) is 0 Å². The highest BCUT2D eigenvalue weighted by Gasteiger charge is 2.33. The molecule has 0 aromatic rings. The van der Waals surface area contributed by atoms with E-state index in [2.05, 4.69) is 15.5 Å². The maximum atomic E-state index is 12.6. The standard InChI is InChI=1S/C15H28N4O2/c1-12(2)17-14(20)5-9-18-8-3-4-13(18)15(21)19-10-6-16-7-11-19/h12-13,16H,3-11H2,1-2H3,(H,17,20). The predicted molar refractivity (Wildman–Crippen MR) is 81.9 cm³/mol. The smallest absolute Gasteiger partial charge is 0.240 e. The fraction of sp³-hybridized carbons (Fsp3) is 0.867. The van der Waals surface area contributed by atoms with E-state index < -0.39 is 0 Å². The van der Waals surface area contributed by atoms with E-state index in [-0.39, 0.29) is 23.9 Å². The summed E-state index contributed by atoms with van der Waals surface area (Å²) in [5, 5.41) is 6.17. The summed E-state index contributed by atoms with van der Waals surface area (Å²) < 4.78 is 0. The summed E-state index contributed by atoms with van der Waals surface area (Å²) in [4.78, 5) is 28.5.